The average molecular weight is 349 g/mol. The van der Waals surface area contributed by atoms with Crippen LogP contribution >= 0.6 is 0 Å². The monoisotopic (exact) mass is 349 g/mol. The van der Waals surface area contributed by atoms with Gasteiger partial charge in [-0.2, -0.15) is 0 Å². The molecule has 1 amide bonds. The van der Waals surface area contributed by atoms with E-state index in [2.05, 4.69) is 5.32 Å². The molecule has 2 aromatic rings. The first-order valence-corrected chi connectivity index (χ1v) is 7.57. The fraction of sp³-hybridized carbons (Fsp3) is 0.278. The smallest absolute Gasteiger partial charge is 0.255 e. The minimum Gasteiger partial charge on any atom is -0.493 e. The Morgan fingerprint density at radius 1 is 1.00 bits per heavy atom. The summed E-state index contributed by atoms with van der Waals surface area (Å²) < 4.78 is 34.7. The first kappa shape index (κ1) is 18.4. The van der Waals surface area contributed by atoms with Crippen molar-refractivity contribution in [3.8, 4) is 23.0 Å². The maximum Gasteiger partial charge on any atom is 0.255 e. The number of hydrogen-bond acceptors (Lipinski definition) is 5. The van der Waals surface area contributed by atoms with Gasteiger partial charge in [-0.05, 0) is 25.1 Å². The molecule has 0 aliphatic rings. The number of carbonyl (C=O) groups excluding carboxylic acids is 1. The maximum atomic E-state index is 13.9. The molecule has 2 aromatic carbocycles. The fourth-order valence-electron chi connectivity index (χ4n) is 2.27. The molecule has 0 heterocycles. The Balaban J connectivity index is 2.27. The molecule has 25 heavy (non-hydrogen) atoms. The van der Waals surface area contributed by atoms with E-state index in [9.17, 15) is 9.18 Å². The lowest BCUT2D eigenvalue weighted by Crippen LogP contribution is -2.13. The van der Waals surface area contributed by atoms with E-state index in [4.69, 9.17) is 18.9 Å². The summed E-state index contributed by atoms with van der Waals surface area (Å²) in [4.78, 5) is 12.4. The van der Waals surface area contributed by atoms with Crippen molar-refractivity contribution in [2.45, 2.75) is 6.92 Å². The molecule has 6 nitrogen and oxygen atoms in total. The van der Waals surface area contributed by atoms with Crippen molar-refractivity contribution in [1.82, 2.24) is 0 Å². The standard InChI is InChI=1S/C18H20FNO5/c1-5-25-14-7-6-11(8-13(14)19)18(21)20-12-9-15(22-2)17(24-4)16(10-12)23-3/h6-10H,5H2,1-4H3,(H,20,21). The Morgan fingerprint density at radius 2 is 1.64 bits per heavy atom. The minimum atomic E-state index is -0.598. The molecule has 1 N–H and O–H groups in total. The number of carbonyl (C=O) groups is 1. The molecular formula is C18H20FNO5. The molecule has 0 saturated carbocycles. The van der Waals surface area contributed by atoms with E-state index in [0.717, 1.165) is 6.07 Å². The van der Waals surface area contributed by atoms with Gasteiger partial charge in [-0.1, -0.05) is 0 Å². The van der Waals surface area contributed by atoms with Gasteiger partial charge in [-0.15, -0.1) is 0 Å². The molecule has 0 saturated heterocycles. The number of methoxy groups -OCH3 is 3. The molecule has 0 aliphatic heterocycles. The van der Waals surface area contributed by atoms with E-state index < -0.39 is 11.7 Å². The van der Waals surface area contributed by atoms with Crippen molar-refractivity contribution in [1.29, 1.82) is 0 Å². The molecular weight excluding hydrogens is 329 g/mol. The zero-order chi connectivity index (χ0) is 18.4. The Morgan fingerprint density at radius 3 is 2.12 bits per heavy atom. The van der Waals surface area contributed by atoms with E-state index in [1.807, 2.05) is 0 Å². The normalized spacial score (nSPS) is 10.1. The average Bonchev–Trinajstić information content (AvgIpc) is 2.62. The molecule has 0 aliphatic carbocycles. The van der Waals surface area contributed by atoms with Gasteiger partial charge < -0.3 is 24.3 Å². The maximum absolute atomic E-state index is 13.9. The quantitative estimate of drug-likeness (QED) is 0.829. The lowest BCUT2D eigenvalue weighted by atomic mass is 10.2. The third kappa shape index (κ3) is 4.12. The first-order valence-electron chi connectivity index (χ1n) is 7.57. The van der Waals surface area contributed by atoms with Crippen LogP contribution in [0.5, 0.6) is 23.0 Å². The number of anilines is 1. The second-order valence-electron chi connectivity index (χ2n) is 4.95. The Bertz CT molecular complexity index is 738. The third-order valence-corrected chi connectivity index (χ3v) is 3.42. The van der Waals surface area contributed by atoms with Crippen LogP contribution in [0.1, 0.15) is 17.3 Å². The lowest BCUT2D eigenvalue weighted by Gasteiger charge is -2.14. The summed E-state index contributed by atoms with van der Waals surface area (Å²) in [5.74, 6) is 0.239. The van der Waals surface area contributed by atoms with Gasteiger partial charge >= 0.3 is 0 Å². The number of amides is 1. The summed E-state index contributed by atoms with van der Waals surface area (Å²) in [6.45, 7) is 2.10. The molecule has 0 unspecified atom stereocenters. The third-order valence-electron chi connectivity index (χ3n) is 3.42. The molecule has 2 rings (SSSR count). The molecule has 0 aromatic heterocycles. The zero-order valence-corrected chi connectivity index (χ0v) is 14.5. The van der Waals surface area contributed by atoms with Crippen molar-refractivity contribution in [3.05, 3.63) is 41.7 Å². The molecule has 0 spiro atoms. The van der Waals surface area contributed by atoms with Crippen LogP contribution in [0.2, 0.25) is 0 Å². The molecule has 0 radical (unpaired) electrons. The summed E-state index contributed by atoms with van der Waals surface area (Å²) in [5, 5.41) is 2.68. The molecule has 0 bridgehead atoms. The second kappa shape index (κ2) is 8.23. The molecule has 0 atom stereocenters. The van der Waals surface area contributed by atoms with Gasteiger partial charge in [-0.25, -0.2) is 4.39 Å². The Labute approximate surface area is 145 Å². The lowest BCUT2D eigenvalue weighted by molar-refractivity contribution is 0.102. The first-order chi connectivity index (χ1) is 12.0. The summed E-state index contributed by atoms with van der Waals surface area (Å²) in [6.07, 6.45) is 0. The van der Waals surface area contributed by atoms with Crippen LogP contribution < -0.4 is 24.3 Å². The Kier molecular flexibility index (Phi) is 6.05. The zero-order valence-electron chi connectivity index (χ0n) is 14.5. The Hall–Kier alpha value is -2.96. The van der Waals surface area contributed by atoms with E-state index in [0.29, 0.717) is 29.5 Å². The van der Waals surface area contributed by atoms with Crippen LogP contribution in [0.3, 0.4) is 0 Å². The highest BCUT2D eigenvalue weighted by Gasteiger charge is 2.16. The highest BCUT2D eigenvalue weighted by molar-refractivity contribution is 6.04. The van der Waals surface area contributed by atoms with Crippen LogP contribution in [0.4, 0.5) is 10.1 Å². The summed E-state index contributed by atoms with van der Waals surface area (Å²) >= 11 is 0. The predicted octanol–water partition coefficient (Wildman–Crippen LogP) is 3.50. The van der Waals surface area contributed by atoms with E-state index in [-0.39, 0.29) is 11.3 Å². The van der Waals surface area contributed by atoms with Crippen LogP contribution in [0.15, 0.2) is 30.3 Å². The van der Waals surface area contributed by atoms with E-state index >= 15 is 0 Å². The van der Waals surface area contributed by atoms with Gasteiger partial charge in [-0.3, -0.25) is 4.79 Å². The number of nitrogens with one attached hydrogen (secondary N) is 1. The van der Waals surface area contributed by atoms with Crippen LogP contribution in [0, 0.1) is 5.82 Å². The van der Waals surface area contributed by atoms with Gasteiger partial charge in [0.05, 0.1) is 27.9 Å². The van der Waals surface area contributed by atoms with Gasteiger partial charge in [0.25, 0.3) is 5.91 Å². The van der Waals surface area contributed by atoms with Crippen LogP contribution in [-0.4, -0.2) is 33.8 Å². The van der Waals surface area contributed by atoms with E-state index in [1.54, 1.807) is 19.1 Å². The molecule has 7 heteroatoms. The summed E-state index contributed by atoms with van der Waals surface area (Å²) in [7, 11) is 4.44. The number of rotatable bonds is 7. The van der Waals surface area contributed by atoms with Crippen molar-refractivity contribution < 1.29 is 28.1 Å². The second-order valence-corrected chi connectivity index (χ2v) is 4.95. The van der Waals surface area contributed by atoms with Gasteiger partial charge in [0.1, 0.15) is 0 Å². The summed E-state index contributed by atoms with van der Waals surface area (Å²) in [5.41, 5.74) is 0.587. The van der Waals surface area contributed by atoms with Crippen molar-refractivity contribution in [3.63, 3.8) is 0 Å². The molecule has 0 fully saturated rings. The SMILES string of the molecule is CCOc1ccc(C(=O)Nc2cc(OC)c(OC)c(OC)c2)cc1F. The van der Waals surface area contributed by atoms with Crippen molar-refractivity contribution in [2.24, 2.45) is 0 Å². The number of halogens is 1. The van der Waals surface area contributed by atoms with Crippen LogP contribution in [-0.2, 0) is 0 Å². The number of hydrogen-bond donors (Lipinski definition) is 1. The predicted molar refractivity (Wildman–Crippen MR) is 91.6 cm³/mol. The van der Waals surface area contributed by atoms with Crippen molar-refractivity contribution >= 4 is 11.6 Å². The fourth-order valence-corrected chi connectivity index (χ4v) is 2.27. The van der Waals surface area contributed by atoms with Crippen LogP contribution in [0.25, 0.3) is 0 Å². The largest absolute Gasteiger partial charge is 0.493 e. The topological polar surface area (TPSA) is 66.0 Å². The highest BCUT2D eigenvalue weighted by Crippen LogP contribution is 2.40. The van der Waals surface area contributed by atoms with E-state index in [1.165, 1.54) is 33.5 Å². The minimum absolute atomic E-state index is 0.104. The van der Waals surface area contributed by atoms with Gasteiger partial charge in [0.15, 0.2) is 23.1 Å². The van der Waals surface area contributed by atoms with Gasteiger partial charge in [0.2, 0.25) is 5.75 Å². The molecule has 134 valence electrons. The summed E-state index contributed by atoms with van der Waals surface area (Å²) in [6, 6.07) is 7.21. The van der Waals surface area contributed by atoms with Gasteiger partial charge in [0, 0.05) is 23.4 Å². The van der Waals surface area contributed by atoms with Crippen molar-refractivity contribution in [2.75, 3.05) is 33.3 Å². The highest BCUT2D eigenvalue weighted by atomic mass is 19.1. The number of benzene rings is 2. The number of ether oxygens (including phenoxy) is 4.